The Hall–Kier alpha value is -2.31. The quantitative estimate of drug-likeness (QED) is 0.736. The predicted octanol–water partition coefficient (Wildman–Crippen LogP) is 3.75. The molecule has 0 saturated carbocycles. The number of pyridine rings is 1. The van der Waals surface area contributed by atoms with Crippen LogP contribution in [0.1, 0.15) is 23.2 Å². The zero-order valence-electron chi connectivity index (χ0n) is 14.7. The number of anilines is 1. The van der Waals surface area contributed by atoms with E-state index in [2.05, 4.69) is 10.3 Å². The number of amides is 1. The maximum atomic E-state index is 11.9. The molecule has 0 bridgehead atoms. The van der Waals surface area contributed by atoms with Gasteiger partial charge in [-0.25, -0.2) is 9.78 Å². The van der Waals surface area contributed by atoms with E-state index in [1.54, 1.807) is 6.92 Å². The molecule has 1 aromatic carbocycles. The summed E-state index contributed by atoms with van der Waals surface area (Å²) in [4.78, 5) is 27.8. The van der Waals surface area contributed by atoms with Crippen LogP contribution in [0.2, 0.25) is 10.0 Å². The van der Waals surface area contributed by atoms with Gasteiger partial charge in [-0.3, -0.25) is 4.79 Å². The summed E-state index contributed by atoms with van der Waals surface area (Å²) < 4.78 is 10.3. The molecule has 1 amide bonds. The third-order valence-electron chi connectivity index (χ3n) is 4.15. The van der Waals surface area contributed by atoms with Crippen molar-refractivity contribution in [2.75, 3.05) is 18.5 Å². The first kappa shape index (κ1) is 19.5. The standard InChI is InChI=1S/C19H18Cl2N2O4/c1-11-15(20)8-16(21)19(22-11)23-17(24)9-27-18(25)10-26-14-6-5-12-3-2-4-13(12)7-14/h5-8H,2-4,9-10H2,1H3,(H,22,23,24). The van der Waals surface area contributed by atoms with Crippen LogP contribution < -0.4 is 10.1 Å². The molecule has 1 heterocycles. The highest BCUT2D eigenvalue weighted by Crippen LogP contribution is 2.26. The van der Waals surface area contributed by atoms with Crippen LogP contribution in [-0.2, 0) is 27.2 Å². The maximum absolute atomic E-state index is 11.9. The van der Waals surface area contributed by atoms with Gasteiger partial charge in [0.25, 0.3) is 5.91 Å². The molecule has 142 valence electrons. The van der Waals surface area contributed by atoms with Gasteiger partial charge in [0.2, 0.25) is 0 Å². The fraction of sp³-hybridized carbons (Fsp3) is 0.316. The van der Waals surface area contributed by atoms with Gasteiger partial charge in [-0.15, -0.1) is 0 Å². The van der Waals surface area contributed by atoms with Crippen molar-refractivity contribution in [2.45, 2.75) is 26.2 Å². The first-order valence-electron chi connectivity index (χ1n) is 8.45. The number of carbonyl (C=O) groups excluding carboxylic acids is 2. The van der Waals surface area contributed by atoms with E-state index in [-0.39, 0.29) is 17.4 Å². The summed E-state index contributed by atoms with van der Waals surface area (Å²) in [6.45, 7) is 0.946. The lowest BCUT2D eigenvalue weighted by molar-refractivity contribution is -0.149. The number of rotatable bonds is 6. The van der Waals surface area contributed by atoms with Crippen LogP contribution in [0.4, 0.5) is 5.82 Å². The van der Waals surface area contributed by atoms with E-state index in [9.17, 15) is 9.59 Å². The fourth-order valence-electron chi connectivity index (χ4n) is 2.78. The Morgan fingerprint density at radius 2 is 1.89 bits per heavy atom. The minimum Gasteiger partial charge on any atom is -0.482 e. The largest absolute Gasteiger partial charge is 0.482 e. The first-order chi connectivity index (χ1) is 12.9. The zero-order chi connectivity index (χ0) is 19.4. The molecule has 2 aromatic rings. The van der Waals surface area contributed by atoms with Gasteiger partial charge in [0.15, 0.2) is 19.0 Å². The second-order valence-electron chi connectivity index (χ2n) is 6.17. The second kappa shape index (κ2) is 8.59. The Balaban J connectivity index is 1.45. The molecule has 0 saturated heterocycles. The highest BCUT2D eigenvalue weighted by molar-refractivity contribution is 6.36. The van der Waals surface area contributed by atoms with Gasteiger partial charge in [0.05, 0.1) is 15.7 Å². The van der Waals surface area contributed by atoms with Crippen LogP contribution in [-0.4, -0.2) is 30.1 Å². The van der Waals surface area contributed by atoms with Gasteiger partial charge in [0.1, 0.15) is 5.75 Å². The van der Waals surface area contributed by atoms with Crippen LogP contribution in [0.15, 0.2) is 24.3 Å². The first-order valence-corrected chi connectivity index (χ1v) is 9.20. The van der Waals surface area contributed by atoms with Crippen molar-refractivity contribution in [2.24, 2.45) is 0 Å². The summed E-state index contributed by atoms with van der Waals surface area (Å²) in [6, 6.07) is 7.28. The summed E-state index contributed by atoms with van der Waals surface area (Å²) in [6.07, 6.45) is 3.25. The number of esters is 1. The van der Waals surface area contributed by atoms with Crippen molar-refractivity contribution in [1.29, 1.82) is 0 Å². The number of ether oxygens (including phenoxy) is 2. The molecule has 0 radical (unpaired) electrons. The van der Waals surface area contributed by atoms with Gasteiger partial charge in [-0.1, -0.05) is 29.3 Å². The number of hydrogen-bond donors (Lipinski definition) is 1. The minimum absolute atomic E-state index is 0.161. The van der Waals surface area contributed by atoms with Gasteiger partial charge in [0, 0.05) is 0 Å². The number of carbonyl (C=O) groups is 2. The molecule has 1 aromatic heterocycles. The smallest absolute Gasteiger partial charge is 0.344 e. The van der Waals surface area contributed by atoms with Crippen LogP contribution in [0.3, 0.4) is 0 Å². The average molecular weight is 409 g/mol. The number of aromatic nitrogens is 1. The molecule has 3 rings (SSSR count). The lowest BCUT2D eigenvalue weighted by Crippen LogP contribution is -2.24. The van der Waals surface area contributed by atoms with Crippen molar-refractivity contribution >= 4 is 40.9 Å². The second-order valence-corrected chi connectivity index (χ2v) is 6.98. The third kappa shape index (κ3) is 5.11. The summed E-state index contributed by atoms with van der Waals surface area (Å²) in [7, 11) is 0. The SMILES string of the molecule is Cc1nc(NC(=O)COC(=O)COc2ccc3c(c2)CCC3)c(Cl)cc1Cl. The van der Waals surface area contributed by atoms with E-state index in [0.717, 1.165) is 19.3 Å². The van der Waals surface area contributed by atoms with Crippen molar-refractivity contribution in [3.8, 4) is 5.75 Å². The molecular formula is C19H18Cl2N2O4. The Bertz CT molecular complexity index is 886. The van der Waals surface area contributed by atoms with Crippen molar-refractivity contribution < 1.29 is 19.1 Å². The summed E-state index contributed by atoms with van der Waals surface area (Å²) in [5, 5.41) is 3.07. The molecule has 0 aliphatic heterocycles. The number of aryl methyl sites for hydroxylation is 3. The molecule has 27 heavy (non-hydrogen) atoms. The van der Waals surface area contributed by atoms with E-state index < -0.39 is 18.5 Å². The average Bonchev–Trinajstić information content (AvgIpc) is 3.10. The van der Waals surface area contributed by atoms with Gasteiger partial charge in [-0.05, 0) is 55.5 Å². The lowest BCUT2D eigenvalue weighted by Gasteiger charge is -2.10. The molecule has 8 heteroatoms. The zero-order valence-corrected chi connectivity index (χ0v) is 16.2. The predicted molar refractivity (Wildman–Crippen MR) is 103 cm³/mol. The topological polar surface area (TPSA) is 77.5 Å². The van der Waals surface area contributed by atoms with Gasteiger partial charge in [-0.2, -0.15) is 0 Å². The number of fused-ring (bicyclic) bond motifs is 1. The lowest BCUT2D eigenvalue weighted by atomic mass is 10.1. The number of nitrogens with zero attached hydrogens (tertiary/aromatic N) is 1. The van der Waals surface area contributed by atoms with Gasteiger partial charge < -0.3 is 14.8 Å². The third-order valence-corrected chi connectivity index (χ3v) is 4.82. The number of halogens is 2. The monoisotopic (exact) mass is 408 g/mol. The highest BCUT2D eigenvalue weighted by Gasteiger charge is 2.14. The Labute approximate surface area is 166 Å². The molecule has 1 aliphatic rings. The van der Waals surface area contributed by atoms with Crippen molar-refractivity contribution in [1.82, 2.24) is 4.98 Å². The van der Waals surface area contributed by atoms with Crippen molar-refractivity contribution in [3.05, 3.63) is 51.1 Å². The molecule has 0 spiro atoms. The Morgan fingerprint density at radius 1 is 1.11 bits per heavy atom. The fourth-order valence-corrected chi connectivity index (χ4v) is 3.19. The van der Waals surface area contributed by atoms with Crippen LogP contribution in [0.5, 0.6) is 5.75 Å². The summed E-state index contributed by atoms with van der Waals surface area (Å²) in [5.74, 6) is -0.423. The number of benzene rings is 1. The van der Waals surface area contributed by atoms with Gasteiger partial charge >= 0.3 is 5.97 Å². The number of hydrogen-bond acceptors (Lipinski definition) is 5. The molecule has 1 aliphatic carbocycles. The van der Waals surface area contributed by atoms with E-state index in [1.165, 1.54) is 17.2 Å². The Morgan fingerprint density at radius 3 is 2.70 bits per heavy atom. The minimum atomic E-state index is -0.642. The van der Waals surface area contributed by atoms with E-state index in [0.29, 0.717) is 16.5 Å². The van der Waals surface area contributed by atoms with E-state index >= 15 is 0 Å². The maximum Gasteiger partial charge on any atom is 0.344 e. The molecule has 0 unspecified atom stereocenters. The molecule has 0 fully saturated rings. The van der Waals surface area contributed by atoms with E-state index in [1.807, 2.05) is 18.2 Å². The summed E-state index contributed by atoms with van der Waals surface area (Å²) >= 11 is 11.9. The molecule has 0 atom stereocenters. The van der Waals surface area contributed by atoms with Crippen LogP contribution in [0, 0.1) is 6.92 Å². The Kier molecular flexibility index (Phi) is 6.19. The molecular weight excluding hydrogens is 391 g/mol. The molecule has 6 nitrogen and oxygen atoms in total. The number of nitrogens with one attached hydrogen (secondary N) is 1. The molecule has 1 N–H and O–H groups in total. The normalized spacial score (nSPS) is 12.4. The summed E-state index contributed by atoms with van der Waals surface area (Å²) in [5.41, 5.74) is 3.10. The van der Waals surface area contributed by atoms with E-state index in [4.69, 9.17) is 32.7 Å². The van der Waals surface area contributed by atoms with Crippen LogP contribution in [0.25, 0.3) is 0 Å². The van der Waals surface area contributed by atoms with Crippen molar-refractivity contribution in [3.63, 3.8) is 0 Å². The highest BCUT2D eigenvalue weighted by atomic mass is 35.5. The van der Waals surface area contributed by atoms with Crippen LogP contribution >= 0.6 is 23.2 Å².